The third-order valence-electron chi connectivity index (χ3n) is 0.642. The SMILES string of the molecule is CC[O][W]([O]CC)[O]CC.Cl.Cl.Cl. The van der Waals surface area contributed by atoms with Crippen LogP contribution < -0.4 is 0 Å². The Kier molecular flexibility index (Phi) is 35.1. The van der Waals surface area contributed by atoms with Crippen molar-refractivity contribution in [3.8, 4) is 0 Å². The largest absolute Gasteiger partial charge is 0.147 e. The van der Waals surface area contributed by atoms with Crippen molar-refractivity contribution in [3.63, 3.8) is 0 Å². The molecule has 13 heavy (non-hydrogen) atoms. The minimum absolute atomic E-state index is 0. The topological polar surface area (TPSA) is 27.7 Å². The molecule has 7 heteroatoms. The molecule has 87 valence electrons. The van der Waals surface area contributed by atoms with E-state index in [0.717, 1.165) is 0 Å². The molecule has 3 nitrogen and oxygen atoms in total. The van der Waals surface area contributed by atoms with E-state index in [-0.39, 0.29) is 37.2 Å². The van der Waals surface area contributed by atoms with Crippen molar-refractivity contribution >= 4 is 37.2 Å². The second kappa shape index (κ2) is 19.1. The summed E-state index contributed by atoms with van der Waals surface area (Å²) >= 11 is -2.24. The van der Waals surface area contributed by atoms with Crippen molar-refractivity contribution in [2.45, 2.75) is 20.8 Å². The molecule has 0 heterocycles. The van der Waals surface area contributed by atoms with Crippen molar-refractivity contribution in [3.05, 3.63) is 0 Å². The zero-order chi connectivity index (χ0) is 7.82. The molecule has 0 N–H and O–H groups in total. The molecule has 0 rings (SSSR count). The van der Waals surface area contributed by atoms with Crippen LogP contribution in [0.3, 0.4) is 0 Å². The van der Waals surface area contributed by atoms with Crippen LogP contribution in [0.15, 0.2) is 0 Å². The van der Waals surface area contributed by atoms with E-state index in [0.29, 0.717) is 19.8 Å². The summed E-state index contributed by atoms with van der Waals surface area (Å²) in [5, 5.41) is 0. The van der Waals surface area contributed by atoms with Crippen LogP contribution in [0.4, 0.5) is 0 Å². The molecular formula is C6H18Cl3O3W. The average Bonchev–Trinajstić information content (AvgIpc) is 1.90. The molecule has 0 saturated carbocycles. The molecule has 0 unspecified atom stereocenters. The van der Waals surface area contributed by atoms with Gasteiger partial charge < -0.3 is 0 Å². The Morgan fingerprint density at radius 2 is 0.923 bits per heavy atom. The van der Waals surface area contributed by atoms with Crippen molar-refractivity contribution in [1.29, 1.82) is 0 Å². The van der Waals surface area contributed by atoms with Gasteiger partial charge in [-0.2, -0.15) is 0 Å². The van der Waals surface area contributed by atoms with Crippen LogP contribution in [0.1, 0.15) is 20.8 Å². The fourth-order valence-corrected chi connectivity index (χ4v) is 3.20. The van der Waals surface area contributed by atoms with Gasteiger partial charge in [-0.1, -0.05) is 0 Å². The van der Waals surface area contributed by atoms with E-state index in [1.807, 2.05) is 20.8 Å². The van der Waals surface area contributed by atoms with Crippen LogP contribution in [0.5, 0.6) is 0 Å². The van der Waals surface area contributed by atoms with Crippen molar-refractivity contribution in [2.75, 3.05) is 19.8 Å². The van der Waals surface area contributed by atoms with Gasteiger partial charge in [-0.15, -0.1) is 37.2 Å². The molecule has 0 aliphatic rings. The van der Waals surface area contributed by atoms with Crippen LogP contribution in [-0.2, 0) is 28.6 Å². The first-order chi connectivity index (χ1) is 4.85. The number of rotatable bonds is 6. The first-order valence-electron chi connectivity index (χ1n) is 3.49. The molecule has 0 aromatic heterocycles. The van der Waals surface area contributed by atoms with Gasteiger partial charge in [-0.25, -0.2) is 0 Å². The van der Waals surface area contributed by atoms with Gasteiger partial charge in [0.15, 0.2) is 0 Å². The van der Waals surface area contributed by atoms with Gasteiger partial charge in [-0.3, -0.25) is 0 Å². The minimum atomic E-state index is -2.24. The fraction of sp³-hybridized carbons (Fsp3) is 1.00. The predicted octanol–water partition coefficient (Wildman–Crippen LogP) is 2.72. The summed E-state index contributed by atoms with van der Waals surface area (Å²) in [6.45, 7) is 7.98. The normalized spacial score (nSPS) is 8.31. The van der Waals surface area contributed by atoms with Crippen LogP contribution in [0, 0.1) is 0 Å². The maximum Gasteiger partial charge on any atom is -0.147 e. The van der Waals surface area contributed by atoms with Crippen molar-refractivity contribution in [1.82, 2.24) is 0 Å². The Morgan fingerprint density at radius 1 is 0.692 bits per heavy atom. The van der Waals surface area contributed by atoms with Crippen LogP contribution in [0.25, 0.3) is 0 Å². The second-order valence-electron chi connectivity index (χ2n) is 1.42. The monoisotopic (exact) mass is 427 g/mol. The summed E-state index contributed by atoms with van der Waals surface area (Å²) in [6.07, 6.45) is 0. The van der Waals surface area contributed by atoms with Crippen LogP contribution in [-0.4, -0.2) is 19.8 Å². The Hall–Kier alpha value is 1.44. The van der Waals surface area contributed by atoms with E-state index < -0.39 is 18.5 Å². The summed E-state index contributed by atoms with van der Waals surface area (Å²) in [5.41, 5.74) is 0. The molecule has 0 aliphatic carbocycles. The van der Waals surface area contributed by atoms with Gasteiger partial charge in [0.05, 0.1) is 0 Å². The van der Waals surface area contributed by atoms with Gasteiger partial charge in [0.2, 0.25) is 0 Å². The molecule has 0 aromatic rings. The Bertz CT molecular complexity index is 65.9. The number of hydrogen-bond acceptors (Lipinski definition) is 3. The predicted molar refractivity (Wildman–Crippen MR) is 56.6 cm³/mol. The molecule has 0 amide bonds. The van der Waals surface area contributed by atoms with Gasteiger partial charge >= 0.3 is 69.2 Å². The maximum atomic E-state index is 5.27. The molecule has 0 spiro atoms. The molecule has 0 aliphatic heterocycles. The van der Waals surface area contributed by atoms with Gasteiger partial charge in [-0.05, 0) is 0 Å². The molecular weight excluding hydrogens is 410 g/mol. The van der Waals surface area contributed by atoms with Gasteiger partial charge in [0.25, 0.3) is 0 Å². The van der Waals surface area contributed by atoms with E-state index >= 15 is 0 Å². The Balaban J connectivity index is -0.000000135. The molecule has 0 aromatic carbocycles. The summed E-state index contributed by atoms with van der Waals surface area (Å²) in [7, 11) is 0. The smallest absolute Gasteiger partial charge is 0.147 e. The zero-order valence-corrected chi connectivity index (χ0v) is 13.4. The standard InChI is InChI=1S/3C2H5O.3ClH.W/c3*1-2-3;;;;/h3*2H2,1H3;3*1H;/q3*-1;;;;+3. The number of halogens is 3. The third kappa shape index (κ3) is 16.1. The Morgan fingerprint density at radius 3 is 1.08 bits per heavy atom. The summed E-state index contributed by atoms with van der Waals surface area (Å²) in [6, 6.07) is 0. The van der Waals surface area contributed by atoms with Crippen molar-refractivity contribution in [2.24, 2.45) is 0 Å². The van der Waals surface area contributed by atoms with E-state index in [4.69, 9.17) is 10.2 Å². The molecule has 0 fully saturated rings. The molecule has 0 radical (unpaired) electrons. The summed E-state index contributed by atoms with van der Waals surface area (Å²) in [5.74, 6) is 0. The number of hydrogen-bond donors (Lipinski definition) is 0. The van der Waals surface area contributed by atoms with Gasteiger partial charge in [0, 0.05) is 0 Å². The van der Waals surface area contributed by atoms with E-state index in [1.165, 1.54) is 0 Å². The van der Waals surface area contributed by atoms with Crippen molar-refractivity contribution < 1.29 is 28.6 Å². The minimum Gasteiger partial charge on any atom is -0.147 e. The van der Waals surface area contributed by atoms with E-state index in [9.17, 15) is 0 Å². The average molecular weight is 428 g/mol. The summed E-state index contributed by atoms with van der Waals surface area (Å²) < 4.78 is 15.8. The Labute approximate surface area is 106 Å². The first kappa shape index (κ1) is 23.9. The quantitative estimate of drug-likeness (QED) is 0.651. The van der Waals surface area contributed by atoms with Gasteiger partial charge in [0.1, 0.15) is 0 Å². The van der Waals surface area contributed by atoms with E-state index in [1.54, 1.807) is 0 Å². The first-order valence-corrected chi connectivity index (χ1v) is 7.08. The molecule has 0 bridgehead atoms. The zero-order valence-electron chi connectivity index (χ0n) is 7.98. The fourth-order valence-electron chi connectivity index (χ4n) is 0.391. The second-order valence-corrected chi connectivity index (χ2v) is 5.43. The van der Waals surface area contributed by atoms with E-state index in [2.05, 4.69) is 0 Å². The van der Waals surface area contributed by atoms with Crippen LogP contribution >= 0.6 is 37.2 Å². The molecule has 0 saturated heterocycles. The van der Waals surface area contributed by atoms with Crippen LogP contribution in [0.2, 0.25) is 0 Å². The maximum absolute atomic E-state index is 5.27. The third-order valence-corrected chi connectivity index (χ3v) is 5.26. The summed E-state index contributed by atoms with van der Waals surface area (Å²) in [4.78, 5) is 0. The molecule has 0 atom stereocenters.